The number of carbonyl (C=O) groups is 1. The predicted molar refractivity (Wildman–Crippen MR) is 71.6 cm³/mol. The van der Waals surface area contributed by atoms with Crippen LogP contribution in [0.3, 0.4) is 0 Å². The summed E-state index contributed by atoms with van der Waals surface area (Å²) in [6, 6.07) is 2.64. The number of amides is 1. The molecule has 1 aromatic rings. The molecule has 4 N–H and O–H groups in total. The van der Waals surface area contributed by atoms with Gasteiger partial charge in [-0.05, 0) is 18.2 Å². The monoisotopic (exact) mass is 309 g/mol. The Morgan fingerprint density at radius 1 is 1.40 bits per heavy atom. The fourth-order valence-electron chi connectivity index (χ4n) is 1.59. The van der Waals surface area contributed by atoms with Crippen molar-refractivity contribution in [1.29, 1.82) is 0 Å². The molecule has 1 unspecified atom stereocenters. The van der Waals surface area contributed by atoms with Crippen molar-refractivity contribution in [1.82, 2.24) is 5.32 Å². The Morgan fingerprint density at radius 2 is 2.05 bits per heavy atom. The molecule has 0 aliphatic heterocycles. The van der Waals surface area contributed by atoms with E-state index in [-0.39, 0.29) is 29.6 Å². The van der Waals surface area contributed by atoms with Gasteiger partial charge in [-0.25, -0.2) is 0 Å². The summed E-state index contributed by atoms with van der Waals surface area (Å²) in [5, 5.41) is 5.16. The van der Waals surface area contributed by atoms with Crippen LogP contribution in [0.2, 0.25) is 5.02 Å². The van der Waals surface area contributed by atoms with Gasteiger partial charge in [0.15, 0.2) is 0 Å². The van der Waals surface area contributed by atoms with Crippen molar-refractivity contribution in [2.75, 3.05) is 18.9 Å². The summed E-state index contributed by atoms with van der Waals surface area (Å²) in [7, 11) is 1.47. The van der Waals surface area contributed by atoms with Crippen molar-refractivity contribution in [3.05, 3.63) is 28.8 Å². The molecule has 0 saturated heterocycles. The van der Waals surface area contributed by atoms with Gasteiger partial charge in [-0.15, -0.1) is 0 Å². The molecule has 0 saturated carbocycles. The lowest BCUT2D eigenvalue weighted by Crippen LogP contribution is -2.34. The average molecular weight is 310 g/mol. The highest BCUT2D eigenvalue weighted by Gasteiger charge is 2.31. The van der Waals surface area contributed by atoms with Gasteiger partial charge in [-0.3, -0.25) is 4.79 Å². The molecule has 1 amide bonds. The van der Waals surface area contributed by atoms with Crippen LogP contribution in [-0.2, 0) is 11.0 Å². The quantitative estimate of drug-likeness (QED) is 0.781. The average Bonchev–Trinajstić information content (AvgIpc) is 2.36. The van der Waals surface area contributed by atoms with Crippen LogP contribution >= 0.6 is 11.6 Å². The van der Waals surface area contributed by atoms with Gasteiger partial charge in [0.1, 0.15) is 0 Å². The standard InChI is InChI=1S/C12H15ClF3N3O/c1-18-11(20)5-10(6-17)19-9-3-7(12(14,15)16)2-8(13)4-9/h2-4,10,19H,5-6,17H2,1H3,(H,18,20). The van der Waals surface area contributed by atoms with Crippen LogP contribution in [0.25, 0.3) is 0 Å². The second-order valence-electron chi connectivity index (χ2n) is 4.18. The van der Waals surface area contributed by atoms with Gasteiger partial charge >= 0.3 is 6.18 Å². The molecule has 0 fully saturated rings. The minimum absolute atomic E-state index is 0.0435. The summed E-state index contributed by atoms with van der Waals surface area (Å²) < 4.78 is 38.0. The number of benzene rings is 1. The lowest BCUT2D eigenvalue weighted by molar-refractivity contribution is -0.137. The number of nitrogens with one attached hydrogen (secondary N) is 2. The van der Waals surface area contributed by atoms with Crippen LogP contribution in [0, 0.1) is 0 Å². The summed E-state index contributed by atoms with van der Waals surface area (Å²) in [6.45, 7) is 0.0985. The maximum Gasteiger partial charge on any atom is 0.416 e. The van der Waals surface area contributed by atoms with Crippen molar-refractivity contribution >= 4 is 23.2 Å². The fourth-order valence-corrected chi connectivity index (χ4v) is 1.83. The topological polar surface area (TPSA) is 67.2 Å². The summed E-state index contributed by atoms with van der Waals surface area (Å²) >= 11 is 5.67. The van der Waals surface area contributed by atoms with E-state index < -0.39 is 17.8 Å². The van der Waals surface area contributed by atoms with Crippen LogP contribution in [0.4, 0.5) is 18.9 Å². The fraction of sp³-hybridized carbons (Fsp3) is 0.417. The Kier molecular flexibility index (Phi) is 5.64. The molecule has 0 spiro atoms. The van der Waals surface area contributed by atoms with Crippen molar-refractivity contribution in [3.8, 4) is 0 Å². The second kappa shape index (κ2) is 6.81. The molecule has 20 heavy (non-hydrogen) atoms. The molecular weight excluding hydrogens is 295 g/mol. The van der Waals surface area contributed by atoms with E-state index in [1.54, 1.807) is 0 Å². The van der Waals surface area contributed by atoms with E-state index in [2.05, 4.69) is 10.6 Å². The number of anilines is 1. The molecule has 1 rings (SSSR count). The maximum atomic E-state index is 12.7. The normalized spacial score (nSPS) is 12.9. The number of hydrogen-bond donors (Lipinski definition) is 3. The van der Waals surface area contributed by atoms with Crippen molar-refractivity contribution < 1.29 is 18.0 Å². The van der Waals surface area contributed by atoms with Gasteiger partial charge in [0, 0.05) is 36.8 Å². The van der Waals surface area contributed by atoms with Gasteiger partial charge in [-0.1, -0.05) is 11.6 Å². The highest BCUT2D eigenvalue weighted by Crippen LogP contribution is 2.33. The summed E-state index contributed by atoms with van der Waals surface area (Å²) in [5.41, 5.74) is 4.80. The number of alkyl halides is 3. The number of rotatable bonds is 5. The van der Waals surface area contributed by atoms with Crippen LogP contribution in [-0.4, -0.2) is 25.5 Å². The van der Waals surface area contributed by atoms with E-state index in [0.29, 0.717) is 0 Å². The van der Waals surface area contributed by atoms with Gasteiger partial charge in [0.25, 0.3) is 0 Å². The molecule has 0 aliphatic carbocycles. The maximum absolute atomic E-state index is 12.7. The van der Waals surface area contributed by atoms with Crippen molar-refractivity contribution in [2.45, 2.75) is 18.6 Å². The van der Waals surface area contributed by atoms with E-state index in [1.165, 1.54) is 13.1 Å². The van der Waals surface area contributed by atoms with Gasteiger partial charge in [-0.2, -0.15) is 13.2 Å². The summed E-state index contributed by atoms with van der Waals surface area (Å²) in [5.74, 6) is -0.258. The zero-order valence-corrected chi connectivity index (χ0v) is 11.5. The first-order chi connectivity index (χ1) is 9.26. The first-order valence-electron chi connectivity index (χ1n) is 5.81. The molecule has 0 bridgehead atoms. The third kappa shape index (κ3) is 4.90. The lowest BCUT2D eigenvalue weighted by atomic mass is 10.1. The van der Waals surface area contributed by atoms with Gasteiger partial charge in [0.2, 0.25) is 5.91 Å². The second-order valence-corrected chi connectivity index (χ2v) is 4.62. The zero-order valence-electron chi connectivity index (χ0n) is 10.7. The van der Waals surface area contributed by atoms with Crippen LogP contribution in [0.15, 0.2) is 18.2 Å². The molecule has 4 nitrogen and oxygen atoms in total. The highest BCUT2D eigenvalue weighted by molar-refractivity contribution is 6.30. The lowest BCUT2D eigenvalue weighted by Gasteiger charge is -2.18. The first kappa shape index (κ1) is 16.6. The Balaban J connectivity index is 2.90. The molecule has 0 aromatic heterocycles. The van der Waals surface area contributed by atoms with Crippen molar-refractivity contribution in [2.24, 2.45) is 5.73 Å². The van der Waals surface area contributed by atoms with E-state index in [1.807, 2.05) is 0 Å². The Morgan fingerprint density at radius 3 is 2.55 bits per heavy atom. The molecular formula is C12H15ClF3N3O. The number of hydrogen-bond acceptors (Lipinski definition) is 3. The highest BCUT2D eigenvalue weighted by atomic mass is 35.5. The smallest absolute Gasteiger partial charge is 0.380 e. The van der Waals surface area contributed by atoms with E-state index in [0.717, 1.165) is 12.1 Å². The largest absolute Gasteiger partial charge is 0.416 e. The molecule has 1 atom stereocenters. The van der Waals surface area contributed by atoms with Crippen LogP contribution < -0.4 is 16.4 Å². The summed E-state index contributed by atoms with van der Waals surface area (Å²) in [4.78, 5) is 11.3. The number of carbonyl (C=O) groups excluding carboxylic acids is 1. The molecule has 8 heteroatoms. The van der Waals surface area contributed by atoms with Crippen molar-refractivity contribution in [3.63, 3.8) is 0 Å². The Labute approximate surface area is 119 Å². The van der Waals surface area contributed by atoms with E-state index >= 15 is 0 Å². The predicted octanol–water partition coefficient (Wildman–Crippen LogP) is 2.23. The number of nitrogens with two attached hydrogens (primary N) is 1. The molecule has 0 radical (unpaired) electrons. The van der Waals surface area contributed by atoms with Gasteiger partial charge in [0.05, 0.1) is 5.56 Å². The van der Waals surface area contributed by atoms with Gasteiger partial charge < -0.3 is 16.4 Å². The van der Waals surface area contributed by atoms with E-state index in [4.69, 9.17) is 17.3 Å². The van der Waals surface area contributed by atoms with Crippen LogP contribution in [0.5, 0.6) is 0 Å². The first-order valence-corrected chi connectivity index (χ1v) is 6.19. The van der Waals surface area contributed by atoms with E-state index in [9.17, 15) is 18.0 Å². The minimum Gasteiger partial charge on any atom is -0.380 e. The zero-order chi connectivity index (χ0) is 15.3. The molecule has 1 aromatic carbocycles. The molecule has 0 heterocycles. The molecule has 112 valence electrons. The third-order valence-electron chi connectivity index (χ3n) is 2.59. The Hall–Kier alpha value is -1.47. The van der Waals surface area contributed by atoms with Crippen LogP contribution in [0.1, 0.15) is 12.0 Å². The Bertz CT molecular complexity index is 480. The minimum atomic E-state index is -4.49. The molecule has 0 aliphatic rings. The summed E-state index contributed by atoms with van der Waals surface area (Å²) in [6.07, 6.45) is -4.43. The number of halogens is 4. The SMILES string of the molecule is CNC(=O)CC(CN)Nc1cc(Cl)cc(C(F)(F)F)c1. The third-order valence-corrected chi connectivity index (χ3v) is 2.81.